The summed E-state index contributed by atoms with van der Waals surface area (Å²) in [5.41, 5.74) is 1.05. The first-order valence-corrected chi connectivity index (χ1v) is 6.93. The van der Waals surface area contributed by atoms with Crippen LogP contribution in [0, 0.1) is 0 Å². The van der Waals surface area contributed by atoms with E-state index in [0.29, 0.717) is 0 Å². The van der Waals surface area contributed by atoms with Gasteiger partial charge in [0.15, 0.2) is 0 Å². The molecule has 0 amide bonds. The topological polar surface area (TPSA) is 37.8 Å². The summed E-state index contributed by atoms with van der Waals surface area (Å²) in [4.78, 5) is 0. The molecule has 78 valence electrons. The fourth-order valence-corrected chi connectivity index (χ4v) is 2.77. The van der Waals surface area contributed by atoms with E-state index in [0.717, 1.165) is 26.7 Å². The number of nitrogens with one attached hydrogen (secondary N) is 1. The van der Waals surface area contributed by atoms with Crippen molar-refractivity contribution >= 4 is 44.7 Å². The third kappa shape index (κ3) is 3.13. The van der Waals surface area contributed by atoms with Crippen LogP contribution < -0.4 is 5.32 Å². The molecular weight excluding hydrogens is 321 g/mol. The molecule has 0 saturated heterocycles. The van der Waals surface area contributed by atoms with Gasteiger partial charge in [0, 0.05) is 16.5 Å². The average Bonchev–Trinajstić information content (AvgIpc) is 2.68. The summed E-state index contributed by atoms with van der Waals surface area (Å²) >= 11 is 3.96. The highest BCUT2D eigenvalue weighted by Crippen LogP contribution is 2.20. The molecule has 2 aromatic rings. The number of aryl methyl sites for hydroxylation is 1. The molecule has 5 heteroatoms. The van der Waals surface area contributed by atoms with Crippen LogP contribution in [0.4, 0.5) is 10.8 Å². The number of anilines is 2. The third-order valence-corrected chi connectivity index (χ3v) is 3.24. The van der Waals surface area contributed by atoms with Crippen molar-refractivity contribution in [2.75, 3.05) is 9.74 Å². The molecule has 1 aromatic carbocycles. The lowest BCUT2D eigenvalue weighted by atomic mass is 10.3. The monoisotopic (exact) mass is 331 g/mol. The maximum absolute atomic E-state index is 4.10. The van der Waals surface area contributed by atoms with Crippen LogP contribution in [0.15, 0.2) is 30.3 Å². The molecule has 0 aliphatic rings. The number of rotatable bonds is 4. The van der Waals surface area contributed by atoms with Gasteiger partial charge in [0.2, 0.25) is 5.13 Å². The second kappa shape index (κ2) is 5.41. The van der Waals surface area contributed by atoms with Crippen molar-refractivity contribution in [2.45, 2.75) is 6.42 Å². The smallest absolute Gasteiger partial charge is 0.210 e. The van der Waals surface area contributed by atoms with Crippen LogP contribution >= 0.6 is 33.9 Å². The lowest BCUT2D eigenvalue weighted by molar-refractivity contribution is 0.998. The van der Waals surface area contributed by atoms with Crippen molar-refractivity contribution in [2.24, 2.45) is 0 Å². The summed E-state index contributed by atoms with van der Waals surface area (Å²) in [6.07, 6.45) is 0.995. The number of para-hydroxylation sites is 1. The first-order chi connectivity index (χ1) is 7.38. The fourth-order valence-electron chi connectivity index (χ4n) is 1.13. The van der Waals surface area contributed by atoms with E-state index < -0.39 is 0 Å². The Bertz CT molecular complexity index is 416. The molecule has 0 saturated carbocycles. The van der Waals surface area contributed by atoms with E-state index >= 15 is 0 Å². The maximum atomic E-state index is 4.10. The SMILES string of the molecule is ICCc1nnc(Nc2ccccc2)s1. The summed E-state index contributed by atoms with van der Waals surface area (Å²) in [5, 5.41) is 13.4. The maximum Gasteiger partial charge on any atom is 0.210 e. The molecule has 1 aromatic heterocycles. The first-order valence-electron chi connectivity index (χ1n) is 4.59. The van der Waals surface area contributed by atoms with Crippen LogP contribution in [0.25, 0.3) is 0 Å². The molecular formula is C10H10IN3S. The molecule has 0 atom stereocenters. The predicted octanol–water partition coefficient (Wildman–Crippen LogP) is 3.26. The minimum Gasteiger partial charge on any atom is -0.330 e. The number of halogens is 1. The number of aromatic nitrogens is 2. The van der Waals surface area contributed by atoms with Gasteiger partial charge < -0.3 is 5.32 Å². The summed E-state index contributed by atoms with van der Waals surface area (Å²) in [6, 6.07) is 10.0. The summed E-state index contributed by atoms with van der Waals surface area (Å²) < 4.78 is 1.08. The largest absolute Gasteiger partial charge is 0.330 e. The highest BCUT2D eigenvalue weighted by atomic mass is 127. The second-order valence-corrected chi connectivity index (χ2v) is 5.07. The first kappa shape index (κ1) is 10.8. The number of nitrogens with zero attached hydrogens (tertiary/aromatic N) is 2. The van der Waals surface area contributed by atoms with Gasteiger partial charge in [0.1, 0.15) is 5.01 Å². The van der Waals surface area contributed by atoms with E-state index in [1.165, 1.54) is 0 Å². The van der Waals surface area contributed by atoms with Gasteiger partial charge in [0.25, 0.3) is 0 Å². The van der Waals surface area contributed by atoms with Gasteiger partial charge in [-0.25, -0.2) is 0 Å². The van der Waals surface area contributed by atoms with Crippen LogP contribution in [0.5, 0.6) is 0 Å². The number of hydrogen-bond donors (Lipinski definition) is 1. The van der Waals surface area contributed by atoms with E-state index in [1.807, 2.05) is 30.3 Å². The Balaban J connectivity index is 2.05. The van der Waals surface area contributed by atoms with Crippen molar-refractivity contribution in [3.05, 3.63) is 35.3 Å². The zero-order chi connectivity index (χ0) is 10.5. The molecule has 1 heterocycles. The van der Waals surface area contributed by atoms with Crippen LogP contribution in [-0.2, 0) is 6.42 Å². The number of alkyl halides is 1. The Kier molecular flexibility index (Phi) is 3.90. The minimum atomic E-state index is 0.862. The molecule has 0 unspecified atom stereocenters. The van der Waals surface area contributed by atoms with E-state index in [-0.39, 0.29) is 0 Å². The highest BCUT2D eigenvalue weighted by molar-refractivity contribution is 14.1. The number of benzene rings is 1. The zero-order valence-electron chi connectivity index (χ0n) is 7.98. The molecule has 15 heavy (non-hydrogen) atoms. The summed E-state index contributed by atoms with van der Waals surface area (Å²) in [7, 11) is 0. The molecule has 2 rings (SSSR count). The molecule has 0 radical (unpaired) electrons. The quantitative estimate of drug-likeness (QED) is 0.690. The molecule has 0 aliphatic carbocycles. The van der Waals surface area contributed by atoms with Crippen LogP contribution in [0.3, 0.4) is 0 Å². The van der Waals surface area contributed by atoms with E-state index in [9.17, 15) is 0 Å². The Morgan fingerprint density at radius 3 is 2.73 bits per heavy atom. The normalized spacial score (nSPS) is 10.2. The number of hydrogen-bond acceptors (Lipinski definition) is 4. The van der Waals surface area contributed by atoms with Gasteiger partial charge in [-0.05, 0) is 12.1 Å². The van der Waals surface area contributed by atoms with Crippen molar-refractivity contribution in [3.63, 3.8) is 0 Å². The van der Waals surface area contributed by atoms with E-state index in [4.69, 9.17) is 0 Å². The van der Waals surface area contributed by atoms with Gasteiger partial charge in [-0.15, -0.1) is 10.2 Å². The van der Waals surface area contributed by atoms with Crippen molar-refractivity contribution < 1.29 is 0 Å². The molecule has 0 spiro atoms. The van der Waals surface area contributed by atoms with E-state index in [1.54, 1.807) is 11.3 Å². The van der Waals surface area contributed by atoms with Gasteiger partial charge in [-0.3, -0.25) is 0 Å². The van der Waals surface area contributed by atoms with Crippen LogP contribution in [0.2, 0.25) is 0 Å². The molecule has 0 aliphatic heterocycles. The van der Waals surface area contributed by atoms with Crippen molar-refractivity contribution in [1.29, 1.82) is 0 Å². The predicted molar refractivity (Wildman–Crippen MR) is 72.2 cm³/mol. The fraction of sp³-hybridized carbons (Fsp3) is 0.200. The Morgan fingerprint density at radius 1 is 1.20 bits per heavy atom. The molecule has 3 nitrogen and oxygen atoms in total. The van der Waals surface area contributed by atoms with Crippen molar-refractivity contribution in [3.8, 4) is 0 Å². The van der Waals surface area contributed by atoms with Crippen molar-refractivity contribution in [1.82, 2.24) is 10.2 Å². The molecule has 0 bridgehead atoms. The van der Waals surface area contributed by atoms with Crippen LogP contribution in [-0.4, -0.2) is 14.6 Å². The zero-order valence-corrected chi connectivity index (χ0v) is 11.0. The third-order valence-electron chi connectivity index (χ3n) is 1.80. The minimum absolute atomic E-state index is 0.862. The Labute approximate surface area is 106 Å². The Hall–Kier alpha value is -0.690. The lowest BCUT2D eigenvalue weighted by Crippen LogP contribution is -1.88. The molecule has 1 N–H and O–H groups in total. The highest BCUT2D eigenvalue weighted by Gasteiger charge is 2.02. The van der Waals surface area contributed by atoms with Gasteiger partial charge in [-0.2, -0.15) is 0 Å². The van der Waals surface area contributed by atoms with Gasteiger partial charge in [-0.1, -0.05) is 52.1 Å². The Morgan fingerprint density at radius 2 is 2.00 bits per heavy atom. The van der Waals surface area contributed by atoms with Gasteiger partial charge >= 0.3 is 0 Å². The standard InChI is InChI=1S/C10H10IN3S/c11-7-6-9-13-14-10(15-9)12-8-4-2-1-3-5-8/h1-5H,6-7H2,(H,12,14). The summed E-state index contributed by atoms with van der Waals surface area (Å²) in [5.74, 6) is 0. The van der Waals surface area contributed by atoms with Gasteiger partial charge in [0.05, 0.1) is 0 Å². The van der Waals surface area contributed by atoms with E-state index in [2.05, 4.69) is 38.1 Å². The average molecular weight is 331 g/mol. The van der Waals surface area contributed by atoms with Crippen LogP contribution in [0.1, 0.15) is 5.01 Å². The summed E-state index contributed by atoms with van der Waals surface area (Å²) in [6.45, 7) is 0. The molecule has 0 fully saturated rings. The second-order valence-electron chi connectivity index (χ2n) is 2.93. The lowest BCUT2D eigenvalue weighted by Gasteiger charge is -1.99.